The van der Waals surface area contributed by atoms with Crippen LogP contribution in [-0.4, -0.2) is 123 Å². The third-order valence-electron chi connectivity index (χ3n) is 15.8. The Morgan fingerprint density at radius 2 is 0.663 bits per heavy atom. The summed E-state index contributed by atoms with van der Waals surface area (Å²) in [6.07, 6.45) is 11.0. The van der Waals surface area contributed by atoms with Crippen LogP contribution in [0.5, 0.6) is 34.5 Å². The molecule has 0 fully saturated rings. The Balaban J connectivity index is 0.000000175. The fraction of sp³-hybridized carbons (Fsp3) is 0.235. The molecule has 0 atom stereocenters. The highest BCUT2D eigenvalue weighted by atomic mass is 127. The minimum Gasteiger partial charge on any atom is -0.496 e. The number of rotatable bonds is 15. The van der Waals surface area contributed by atoms with Gasteiger partial charge in [-0.25, -0.2) is 0 Å². The molecule has 0 amide bonds. The number of ether oxygens (including phenoxy) is 6. The fourth-order valence-electron chi connectivity index (χ4n) is 11.0. The number of ketones is 12. The van der Waals surface area contributed by atoms with E-state index in [0.29, 0.717) is 114 Å². The maximum Gasteiger partial charge on any atom is 0.326 e. The summed E-state index contributed by atoms with van der Waals surface area (Å²) < 4.78 is 33.8. The molecule has 6 aliphatic rings. The molecule has 536 valence electrons. The van der Waals surface area contributed by atoms with Crippen LogP contribution in [0.2, 0.25) is 0 Å². The van der Waals surface area contributed by atoms with Crippen molar-refractivity contribution >= 4 is 138 Å². The van der Waals surface area contributed by atoms with E-state index >= 15 is 0 Å². The van der Waals surface area contributed by atoms with Gasteiger partial charge in [-0.05, 0) is 152 Å². The number of esters is 2. The van der Waals surface area contributed by atoms with Gasteiger partial charge in [-0.3, -0.25) is 67.1 Å². The van der Waals surface area contributed by atoms with Crippen molar-refractivity contribution in [2.24, 2.45) is 0 Å². The number of benzene rings is 6. The summed E-state index contributed by atoms with van der Waals surface area (Å²) in [4.78, 5) is 165. The van der Waals surface area contributed by atoms with Crippen molar-refractivity contribution in [1.29, 1.82) is 0 Å². The van der Waals surface area contributed by atoms with Gasteiger partial charge in [0.05, 0.1) is 59.8 Å². The maximum atomic E-state index is 12.0. The van der Waals surface area contributed by atoms with Crippen molar-refractivity contribution in [2.75, 3.05) is 35.1 Å². The number of carbonyl (C=O) groups is 14. The quantitative estimate of drug-likeness (QED) is 0.0303. The molecule has 0 unspecified atom stereocenters. The van der Waals surface area contributed by atoms with Crippen molar-refractivity contribution in [3.05, 3.63) is 246 Å². The number of unbranched alkanes of at least 4 members (excludes halogenated alkanes) is 1. The van der Waals surface area contributed by atoms with E-state index in [1.165, 1.54) is 68.7 Å². The van der Waals surface area contributed by atoms with Gasteiger partial charge in [0, 0.05) is 78.2 Å². The normalized spacial score (nSPS) is 14.3. The van der Waals surface area contributed by atoms with Gasteiger partial charge in [0.25, 0.3) is 0 Å². The average molecular weight is 1650 g/mol. The van der Waals surface area contributed by atoms with Crippen molar-refractivity contribution in [1.82, 2.24) is 0 Å². The monoisotopic (exact) mass is 1650 g/mol. The van der Waals surface area contributed by atoms with E-state index in [-0.39, 0.29) is 115 Å². The van der Waals surface area contributed by atoms with Gasteiger partial charge in [0.2, 0.25) is 0 Å². The molecule has 6 aromatic rings. The zero-order valence-electron chi connectivity index (χ0n) is 58.4. The number of hydrogen-bond acceptors (Lipinski definition) is 20. The second kappa shape index (κ2) is 37.2. The van der Waals surface area contributed by atoms with Crippen LogP contribution in [0, 0.1) is 0 Å². The molecule has 0 radical (unpaired) electrons. The van der Waals surface area contributed by atoms with Gasteiger partial charge >= 0.3 is 11.9 Å². The average Bonchev–Trinajstić information content (AvgIpc) is 0.841. The van der Waals surface area contributed by atoms with Crippen LogP contribution >= 0.6 is 56.8 Å². The highest BCUT2D eigenvalue weighted by Crippen LogP contribution is 2.36. The maximum absolute atomic E-state index is 12.0. The first-order chi connectivity index (χ1) is 49.5. The molecule has 23 heteroatoms. The van der Waals surface area contributed by atoms with Crippen LogP contribution in [0.25, 0.3) is 0 Å². The summed E-state index contributed by atoms with van der Waals surface area (Å²) in [5.74, 6) is -1.45. The molecular weight excluding hydrogens is 1580 g/mol. The van der Waals surface area contributed by atoms with E-state index < -0.39 is 11.9 Å². The van der Waals surface area contributed by atoms with E-state index in [2.05, 4.69) is 45.2 Å². The molecule has 0 spiro atoms. The Morgan fingerprint density at radius 1 is 0.365 bits per heavy atom. The topological polar surface area (TPSA) is 294 Å². The second-order valence-electron chi connectivity index (χ2n) is 23.9. The molecular formula is C81H71ClI2O20. The van der Waals surface area contributed by atoms with Gasteiger partial charge in [-0.2, -0.15) is 0 Å². The van der Waals surface area contributed by atoms with E-state index in [1.54, 1.807) is 133 Å². The van der Waals surface area contributed by atoms with Crippen LogP contribution in [0.15, 0.2) is 179 Å². The lowest BCUT2D eigenvalue weighted by atomic mass is 9.89. The van der Waals surface area contributed by atoms with Crippen molar-refractivity contribution in [3.63, 3.8) is 0 Å². The lowest BCUT2D eigenvalue weighted by molar-refractivity contribution is -0.132. The Labute approximate surface area is 632 Å². The van der Waals surface area contributed by atoms with Crippen LogP contribution in [0.1, 0.15) is 206 Å². The molecule has 0 saturated heterocycles. The first kappa shape index (κ1) is 81.0. The van der Waals surface area contributed by atoms with Crippen molar-refractivity contribution < 1.29 is 95.5 Å². The largest absolute Gasteiger partial charge is 0.496 e. The van der Waals surface area contributed by atoms with E-state index in [1.807, 2.05) is 13.8 Å². The predicted octanol–water partition coefficient (Wildman–Crippen LogP) is 15.7. The Bertz CT molecular complexity index is 4780. The summed E-state index contributed by atoms with van der Waals surface area (Å²) in [7, 11) is 1.48. The summed E-state index contributed by atoms with van der Waals surface area (Å²) >= 11 is 9.93. The number of fused-ring (bicyclic) bond motifs is 6. The second-order valence-corrected chi connectivity index (χ2v) is 26.3. The number of Topliss-reactive ketones (excluding diaryl/α,β-unsaturated/α-hetero) is 6. The van der Waals surface area contributed by atoms with Crippen LogP contribution in [0.3, 0.4) is 0 Å². The molecule has 6 aromatic carbocycles. The molecule has 0 heterocycles. The lowest BCUT2D eigenvalue weighted by Gasteiger charge is -2.18. The van der Waals surface area contributed by atoms with Crippen LogP contribution in [-0.2, 0) is 9.59 Å². The number of alkyl halides is 3. The summed E-state index contributed by atoms with van der Waals surface area (Å²) in [6.45, 7) is 15.9. The van der Waals surface area contributed by atoms with E-state index in [0.717, 1.165) is 28.1 Å². The summed E-state index contributed by atoms with van der Waals surface area (Å²) in [5, 5.41) is 0. The standard InChI is InChI=1S/C15H15IO3.C14H13IO3.C14H14O3.C13H9ClO4.C13H10O4.C12H10O3/c1-10-9-12(17)14-11(15(10)18)5-4-6-13(14)19-8-3-2-7-16;1-9-8-11(16)13-10(14(9)17)4-2-5-12(13)18-7-3-6-15;1-8(2)17-12-6-4-5-10-13(12)11(15)7-9(3)14(10)16;1-7-5-9(15)12-8(13(7)17)3-2-4-10(12)18-11(16)6-14;1-7-6-10(15)9-4-3-5-11(17-8(2)14)12(9)13(7)16;1-7-6-9(13)11-8(12(7)14)4-3-5-10(11)15-2/h4-6,9H,2-3,7-8H2,1H3;2,4-5,8H,3,6-7H2,1H3;4-8H,1-3H3;2-5H,6H2,1H3;3-6H,1-2H3;3-6H,1-2H3. The highest BCUT2D eigenvalue weighted by Gasteiger charge is 2.33. The zero-order valence-corrected chi connectivity index (χ0v) is 63.5. The molecule has 104 heavy (non-hydrogen) atoms. The molecule has 20 nitrogen and oxygen atoms in total. The third kappa shape index (κ3) is 19.5. The Morgan fingerprint density at radius 3 is 1.02 bits per heavy atom. The van der Waals surface area contributed by atoms with Gasteiger partial charge in [-0.1, -0.05) is 118 Å². The molecule has 0 saturated carbocycles. The van der Waals surface area contributed by atoms with Gasteiger partial charge in [0.1, 0.15) is 40.4 Å². The molecule has 12 rings (SSSR count). The van der Waals surface area contributed by atoms with Gasteiger partial charge in [-0.15, -0.1) is 11.6 Å². The zero-order chi connectivity index (χ0) is 76.4. The Kier molecular flexibility index (Phi) is 29.0. The number of hydrogen-bond donors (Lipinski definition) is 0. The SMILES string of the molecule is CC(=O)Oc1cccc2c1C(=O)C(C)=CC2=O.CC1=CC(=O)c2c(OC(=O)CCl)cccc2C1=O.CC1=CC(=O)c2c(OC(C)C)cccc2C1=O.CC1=CC(=O)c2c(OCCCCI)cccc2C1=O.CC1=CC(=O)c2c(OCCCI)cccc2C1=O.COc1cccc2c1C(=O)C=C(C)C2=O. The third-order valence-corrected chi connectivity index (χ3v) is 17.6. The minimum atomic E-state index is -0.670. The van der Waals surface area contributed by atoms with Gasteiger partial charge < -0.3 is 28.4 Å². The first-order valence-corrected chi connectivity index (χ1v) is 36.0. The van der Waals surface area contributed by atoms with Crippen LogP contribution in [0.4, 0.5) is 0 Å². The van der Waals surface area contributed by atoms with Crippen molar-refractivity contribution in [3.8, 4) is 34.5 Å². The number of methoxy groups -OCH3 is 1. The van der Waals surface area contributed by atoms with Crippen molar-refractivity contribution in [2.45, 2.75) is 87.7 Å². The van der Waals surface area contributed by atoms with E-state index in [9.17, 15) is 67.1 Å². The lowest BCUT2D eigenvalue weighted by Crippen LogP contribution is -2.19. The summed E-state index contributed by atoms with van der Waals surface area (Å²) in [5.41, 5.74) is 6.80. The highest BCUT2D eigenvalue weighted by molar-refractivity contribution is 14.1. The number of carbonyl (C=O) groups excluding carboxylic acids is 14. The summed E-state index contributed by atoms with van der Waals surface area (Å²) in [6, 6.07) is 29.7. The van der Waals surface area contributed by atoms with Gasteiger partial charge in [0.15, 0.2) is 69.4 Å². The van der Waals surface area contributed by atoms with Crippen LogP contribution < -0.4 is 28.4 Å². The molecule has 0 aliphatic heterocycles. The predicted molar refractivity (Wildman–Crippen MR) is 406 cm³/mol. The Hall–Kier alpha value is -10.3. The molecule has 6 aliphatic carbocycles. The minimum absolute atomic E-state index is 0.0311. The number of halogens is 3. The molecule has 0 aromatic heterocycles. The smallest absolute Gasteiger partial charge is 0.326 e. The molecule has 0 N–H and O–H groups in total. The van der Waals surface area contributed by atoms with E-state index in [4.69, 9.17) is 40.0 Å². The fourth-order valence-corrected chi connectivity index (χ4v) is 11.9. The molecule has 0 bridgehead atoms. The number of allylic oxidation sites excluding steroid dienone is 12. The first-order valence-electron chi connectivity index (χ1n) is 32.5.